The number of aromatic nitrogens is 1. The molecule has 0 amide bonds. The van der Waals surface area contributed by atoms with Crippen molar-refractivity contribution in [2.75, 3.05) is 24.2 Å². The second-order valence-electron chi connectivity index (χ2n) is 3.92. The highest BCUT2D eigenvalue weighted by Crippen LogP contribution is 2.14. The molecule has 1 aromatic rings. The lowest BCUT2D eigenvalue weighted by atomic mass is 10.1. The highest BCUT2D eigenvalue weighted by molar-refractivity contribution is 5.53. The largest absolute Gasteiger partial charge is 0.398 e. The highest BCUT2D eigenvalue weighted by Gasteiger charge is 2.02. The molecule has 84 valence electrons. The summed E-state index contributed by atoms with van der Waals surface area (Å²) >= 11 is 0. The minimum Gasteiger partial charge on any atom is -0.398 e. The lowest BCUT2D eigenvalue weighted by Gasteiger charge is -2.12. The number of anilines is 2. The Hall–Kier alpha value is -1.29. The molecule has 0 fully saturated rings. The minimum absolute atomic E-state index is 0.228. The number of hydrogen-bond donors (Lipinski definition) is 3. The van der Waals surface area contributed by atoms with Crippen LogP contribution in [0.4, 0.5) is 11.5 Å². The zero-order chi connectivity index (χ0) is 11.3. The summed E-state index contributed by atoms with van der Waals surface area (Å²) in [6, 6.07) is 1.83. The van der Waals surface area contributed by atoms with Gasteiger partial charge in [0, 0.05) is 31.1 Å². The lowest BCUT2D eigenvalue weighted by molar-refractivity contribution is 0.266. The molecule has 4 N–H and O–H groups in total. The van der Waals surface area contributed by atoms with Crippen LogP contribution >= 0.6 is 0 Å². The van der Waals surface area contributed by atoms with Crippen LogP contribution in [0.15, 0.2) is 12.3 Å². The summed E-state index contributed by atoms with van der Waals surface area (Å²) in [6.07, 6.45) is 2.56. The van der Waals surface area contributed by atoms with Crippen molar-refractivity contribution in [2.45, 2.75) is 20.3 Å². The van der Waals surface area contributed by atoms with Gasteiger partial charge in [-0.1, -0.05) is 6.92 Å². The first-order chi connectivity index (χ1) is 7.13. The Morgan fingerprint density at radius 1 is 1.60 bits per heavy atom. The van der Waals surface area contributed by atoms with Gasteiger partial charge in [-0.2, -0.15) is 0 Å². The summed E-state index contributed by atoms with van der Waals surface area (Å²) in [5.41, 5.74) is 7.51. The molecule has 0 saturated carbocycles. The molecule has 1 rings (SSSR count). The van der Waals surface area contributed by atoms with E-state index in [9.17, 15) is 0 Å². The molecular formula is C11H19N3O. The maximum Gasteiger partial charge on any atom is 0.127 e. The zero-order valence-electron chi connectivity index (χ0n) is 9.33. The van der Waals surface area contributed by atoms with Gasteiger partial charge in [0.2, 0.25) is 0 Å². The monoisotopic (exact) mass is 209 g/mol. The van der Waals surface area contributed by atoms with Gasteiger partial charge in [0.1, 0.15) is 5.82 Å². The number of nitrogens with two attached hydrogens (primary N) is 1. The standard InChI is InChI=1S/C11H19N3O/c1-8(3-4-15)6-13-11-5-10(12)9(2)7-14-11/h5,7-8,15H,3-4,6H2,1-2H3,(H3,12,13,14). The molecule has 0 aliphatic carbocycles. The fourth-order valence-electron chi connectivity index (χ4n) is 1.24. The summed E-state index contributed by atoms with van der Waals surface area (Å²) < 4.78 is 0. The van der Waals surface area contributed by atoms with Crippen LogP contribution in [0.3, 0.4) is 0 Å². The van der Waals surface area contributed by atoms with E-state index in [1.165, 1.54) is 0 Å². The molecule has 0 radical (unpaired) electrons. The van der Waals surface area contributed by atoms with Crippen LogP contribution in [0.5, 0.6) is 0 Å². The van der Waals surface area contributed by atoms with Crippen LogP contribution in [0.2, 0.25) is 0 Å². The molecule has 0 aliphatic heterocycles. The van der Waals surface area contributed by atoms with Crippen molar-refractivity contribution in [2.24, 2.45) is 5.92 Å². The van der Waals surface area contributed by atoms with Gasteiger partial charge in [0.25, 0.3) is 0 Å². The van der Waals surface area contributed by atoms with E-state index in [1.54, 1.807) is 6.20 Å². The number of aliphatic hydroxyl groups excluding tert-OH is 1. The molecule has 1 atom stereocenters. The van der Waals surface area contributed by atoms with Gasteiger partial charge >= 0.3 is 0 Å². The fourth-order valence-corrected chi connectivity index (χ4v) is 1.24. The van der Waals surface area contributed by atoms with Crippen LogP contribution in [0.25, 0.3) is 0 Å². The Kier molecular flexibility index (Phi) is 4.37. The number of nitrogen functional groups attached to an aromatic ring is 1. The molecule has 1 aromatic heterocycles. The van der Waals surface area contributed by atoms with Crippen molar-refractivity contribution in [1.82, 2.24) is 4.98 Å². The third-order valence-electron chi connectivity index (χ3n) is 2.40. The SMILES string of the molecule is Cc1cnc(NCC(C)CCO)cc1N. The van der Waals surface area contributed by atoms with Gasteiger partial charge in [-0.05, 0) is 24.8 Å². The van der Waals surface area contributed by atoms with Gasteiger partial charge in [-0.15, -0.1) is 0 Å². The molecule has 0 aliphatic rings. The number of nitrogens with zero attached hydrogens (tertiary/aromatic N) is 1. The number of aliphatic hydroxyl groups is 1. The van der Waals surface area contributed by atoms with Crippen LogP contribution in [-0.2, 0) is 0 Å². The third kappa shape index (κ3) is 3.75. The molecule has 0 spiro atoms. The number of nitrogens with one attached hydrogen (secondary N) is 1. The maximum atomic E-state index is 8.75. The number of aryl methyl sites for hydroxylation is 1. The second-order valence-corrected chi connectivity index (χ2v) is 3.92. The fraction of sp³-hybridized carbons (Fsp3) is 0.545. The Morgan fingerprint density at radius 2 is 2.33 bits per heavy atom. The van der Waals surface area contributed by atoms with Crippen molar-refractivity contribution in [3.8, 4) is 0 Å². The average molecular weight is 209 g/mol. The van der Waals surface area contributed by atoms with Gasteiger partial charge in [0.05, 0.1) is 0 Å². The van der Waals surface area contributed by atoms with Crippen LogP contribution in [-0.4, -0.2) is 23.2 Å². The van der Waals surface area contributed by atoms with E-state index < -0.39 is 0 Å². The Morgan fingerprint density at radius 3 is 2.93 bits per heavy atom. The van der Waals surface area contributed by atoms with Gasteiger partial charge in [0.15, 0.2) is 0 Å². The second kappa shape index (κ2) is 5.56. The van der Waals surface area contributed by atoms with E-state index >= 15 is 0 Å². The van der Waals surface area contributed by atoms with E-state index in [2.05, 4.69) is 17.2 Å². The van der Waals surface area contributed by atoms with E-state index in [0.29, 0.717) is 5.92 Å². The Labute approximate surface area is 90.5 Å². The third-order valence-corrected chi connectivity index (χ3v) is 2.40. The van der Waals surface area contributed by atoms with E-state index in [4.69, 9.17) is 10.8 Å². The average Bonchev–Trinajstić information content (AvgIpc) is 2.20. The van der Waals surface area contributed by atoms with Crippen LogP contribution < -0.4 is 11.1 Å². The summed E-state index contributed by atoms with van der Waals surface area (Å²) in [6.45, 7) is 5.05. The van der Waals surface area contributed by atoms with Crippen LogP contribution in [0.1, 0.15) is 18.9 Å². The number of pyridine rings is 1. The molecule has 4 nitrogen and oxygen atoms in total. The quantitative estimate of drug-likeness (QED) is 0.685. The molecule has 0 aromatic carbocycles. The zero-order valence-corrected chi connectivity index (χ0v) is 9.33. The molecule has 0 bridgehead atoms. The maximum absolute atomic E-state index is 8.75. The van der Waals surface area contributed by atoms with E-state index in [0.717, 1.165) is 30.0 Å². The Bertz CT molecular complexity index is 315. The predicted octanol–water partition coefficient (Wildman–Crippen LogP) is 1.40. The summed E-state index contributed by atoms with van der Waals surface area (Å²) in [5.74, 6) is 1.22. The number of hydrogen-bond acceptors (Lipinski definition) is 4. The smallest absolute Gasteiger partial charge is 0.127 e. The van der Waals surface area contributed by atoms with Crippen molar-refractivity contribution in [3.63, 3.8) is 0 Å². The molecule has 0 saturated heterocycles. The predicted molar refractivity (Wildman–Crippen MR) is 62.7 cm³/mol. The van der Waals surface area contributed by atoms with Crippen LogP contribution in [0, 0.1) is 12.8 Å². The van der Waals surface area contributed by atoms with E-state index in [1.807, 2.05) is 13.0 Å². The molecule has 1 unspecified atom stereocenters. The summed E-state index contributed by atoms with van der Waals surface area (Å²) in [7, 11) is 0. The van der Waals surface area contributed by atoms with Gasteiger partial charge < -0.3 is 16.2 Å². The van der Waals surface area contributed by atoms with E-state index in [-0.39, 0.29) is 6.61 Å². The first kappa shape index (κ1) is 11.8. The van der Waals surface area contributed by atoms with Crippen molar-refractivity contribution < 1.29 is 5.11 Å². The molecule has 15 heavy (non-hydrogen) atoms. The topological polar surface area (TPSA) is 71.2 Å². The van der Waals surface area contributed by atoms with Crippen molar-refractivity contribution in [1.29, 1.82) is 0 Å². The van der Waals surface area contributed by atoms with Crippen molar-refractivity contribution in [3.05, 3.63) is 17.8 Å². The van der Waals surface area contributed by atoms with Gasteiger partial charge in [-0.25, -0.2) is 4.98 Å². The van der Waals surface area contributed by atoms with Crippen molar-refractivity contribution >= 4 is 11.5 Å². The summed E-state index contributed by atoms with van der Waals surface area (Å²) in [4.78, 5) is 4.22. The minimum atomic E-state index is 0.228. The first-order valence-corrected chi connectivity index (χ1v) is 5.20. The summed E-state index contributed by atoms with van der Waals surface area (Å²) in [5, 5.41) is 11.9. The van der Waals surface area contributed by atoms with Gasteiger partial charge in [-0.3, -0.25) is 0 Å². The normalized spacial score (nSPS) is 12.5. The molecule has 4 heteroatoms. The highest BCUT2D eigenvalue weighted by atomic mass is 16.3. The Balaban J connectivity index is 2.47. The molecular weight excluding hydrogens is 190 g/mol. The first-order valence-electron chi connectivity index (χ1n) is 5.20. The number of rotatable bonds is 5. The molecule has 1 heterocycles. The lowest BCUT2D eigenvalue weighted by Crippen LogP contribution is -2.13.